The summed E-state index contributed by atoms with van der Waals surface area (Å²) in [4.78, 5) is 44.3. The Hall–Kier alpha value is -3.16. The maximum atomic E-state index is 11.1. The van der Waals surface area contributed by atoms with Crippen LogP contribution in [0, 0.1) is 0 Å². The lowest BCUT2D eigenvalue weighted by atomic mass is 9.93. The fraction of sp³-hybridized carbons (Fsp3) is 0. The van der Waals surface area contributed by atoms with Crippen molar-refractivity contribution in [1.82, 2.24) is 0 Å². The van der Waals surface area contributed by atoms with Crippen molar-refractivity contribution in [2.24, 2.45) is 0 Å². The van der Waals surface area contributed by atoms with Crippen molar-refractivity contribution in [3.8, 4) is 0 Å². The Morgan fingerprint density at radius 3 is 0.800 bits per heavy atom. The van der Waals surface area contributed by atoms with Crippen LogP contribution in [-0.4, -0.2) is 44.3 Å². The summed E-state index contributed by atoms with van der Waals surface area (Å²) in [6.07, 6.45) is 0. The molecule has 0 fully saturated rings. The van der Waals surface area contributed by atoms with E-state index in [1.54, 1.807) is 0 Å². The minimum absolute atomic E-state index is 0.702. The third-order valence-corrected chi connectivity index (χ3v) is 2.56. The number of rotatable bonds is 4. The molecule has 0 heterocycles. The molecule has 0 aliphatic heterocycles. The van der Waals surface area contributed by atoms with Crippen molar-refractivity contribution >= 4 is 37.0 Å². The molecule has 8 heteroatoms. The second kappa shape index (κ2) is 4.84. The van der Waals surface area contributed by atoms with Gasteiger partial charge in [-0.05, 0) is 10.4 Å². The van der Waals surface area contributed by atoms with Gasteiger partial charge in [0, 0.05) is 0 Å². The van der Waals surface area contributed by atoms with E-state index in [-0.39, 0.29) is 0 Å². The van der Waals surface area contributed by atoms with Crippen LogP contribution in [-0.2, 0) is 0 Å². The van der Waals surface area contributed by atoms with Crippen molar-refractivity contribution in [1.29, 1.82) is 0 Å². The molecule has 0 spiro atoms. The van der Waals surface area contributed by atoms with Gasteiger partial charge in [-0.3, -0.25) is 0 Å². The molecule has 0 radical (unpaired) electrons. The topological polar surface area (TPSA) is 149 Å². The molecular weight excluding hydrogens is 272 g/mol. The van der Waals surface area contributed by atoms with E-state index in [4.69, 9.17) is 20.4 Å². The van der Waals surface area contributed by atoms with Gasteiger partial charge in [-0.2, -0.15) is 0 Å². The van der Waals surface area contributed by atoms with Gasteiger partial charge in [-0.25, -0.2) is 19.2 Å². The zero-order valence-electron chi connectivity index (χ0n) is 9.84. The fourth-order valence-electron chi connectivity index (χ4n) is 1.80. The first-order valence-electron chi connectivity index (χ1n) is 4.92. The van der Waals surface area contributed by atoms with Crippen molar-refractivity contribution in [3.63, 3.8) is 0 Å². The Balaban J connectivity index is 4.23. The Labute approximate surface area is 110 Å². The summed E-state index contributed by atoms with van der Waals surface area (Å²) in [5, 5.41) is 34.5. The maximum Gasteiger partial charge on any atom is 0.337 e. The second-order valence-electron chi connectivity index (χ2n) is 3.68. The summed E-state index contributed by atoms with van der Waals surface area (Å²) < 4.78 is 0. The number of benzene rings is 1. The molecule has 0 saturated carbocycles. The number of hydrogen-bond acceptors (Lipinski definition) is 4. The van der Waals surface area contributed by atoms with Crippen LogP contribution in [0.15, 0.2) is 0 Å². The molecule has 8 nitrogen and oxygen atoms in total. The SMILES string of the molecule is C=c1c(C(=O)O)c(C(=O)O)c(=C)c(C(=O)O)c1C(=O)O. The van der Waals surface area contributed by atoms with Crippen LogP contribution >= 0.6 is 0 Å². The molecule has 0 amide bonds. The minimum Gasteiger partial charge on any atom is -0.478 e. The number of aromatic carboxylic acids is 4. The number of carboxylic acids is 4. The molecule has 0 bridgehead atoms. The van der Waals surface area contributed by atoms with Gasteiger partial charge in [0.25, 0.3) is 0 Å². The lowest BCUT2D eigenvalue weighted by Gasteiger charge is -2.10. The predicted octanol–water partition coefficient (Wildman–Crippen LogP) is -0.700. The Morgan fingerprint density at radius 1 is 0.550 bits per heavy atom. The smallest absolute Gasteiger partial charge is 0.337 e. The standard InChI is InChI=1S/C12H8O8/c1-3-5(9(13)14)7(11(17)18)4(2)8(12(19)20)6(3)10(15)16/h1-2H2,(H,13,14)(H,15,16)(H,17,18)(H,19,20). The largest absolute Gasteiger partial charge is 0.478 e. The van der Waals surface area contributed by atoms with Gasteiger partial charge in [-0.1, -0.05) is 13.2 Å². The number of hydrogen-bond donors (Lipinski definition) is 4. The van der Waals surface area contributed by atoms with Gasteiger partial charge < -0.3 is 20.4 Å². The number of carboxylic acid groups (broad SMARTS) is 4. The zero-order valence-corrected chi connectivity index (χ0v) is 9.84. The van der Waals surface area contributed by atoms with E-state index in [9.17, 15) is 19.2 Å². The van der Waals surface area contributed by atoms with Crippen LogP contribution in [0.1, 0.15) is 41.4 Å². The first-order valence-corrected chi connectivity index (χ1v) is 4.92. The number of carbonyl (C=O) groups is 4. The molecule has 0 atom stereocenters. The lowest BCUT2D eigenvalue weighted by Crippen LogP contribution is -2.37. The quantitative estimate of drug-likeness (QED) is 0.565. The molecule has 0 aliphatic carbocycles. The molecule has 20 heavy (non-hydrogen) atoms. The molecule has 0 aromatic heterocycles. The summed E-state index contributed by atoms with van der Waals surface area (Å²) in [6, 6.07) is 0. The van der Waals surface area contributed by atoms with Crippen LogP contribution < -0.4 is 10.4 Å². The summed E-state index contributed by atoms with van der Waals surface area (Å²) in [6.45, 7) is 6.35. The minimum atomic E-state index is -1.74. The first-order chi connectivity index (χ1) is 9.11. The van der Waals surface area contributed by atoms with E-state index >= 15 is 0 Å². The van der Waals surface area contributed by atoms with Crippen molar-refractivity contribution in [3.05, 3.63) is 32.7 Å². The van der Waals surface area contributed by atoms with Gasteiger partial charge in [0.1, 0.15) is 0 Å². The molecule has 1 aromatic rings. The Morgan fingerprint density at radius 2 is 0.700 bits per heavy atom. The molecule has 1 rings (SSSR count). The van der Waals surface area contributed by atoms with E-state index in [0.717, 1.165) is 0 Å². The molecule has 4 N–H and O–H groups in total. The highest BCUT2D eigenvalue weighted by Gasteiger charge is 2.28. The molecular formula is C12H8O8. The summed E-state index contributed by atoms with van der Waals surface area (Å²) in [5.41, 5.74) is -3.59. The van der Waals surface area contributed by atoms with Crippen molar-refractivity contribution in [2.75, 3.05) is 0 Å². The highest BCUT2D eigenvalue weighted by Crippen LogP contribution is 2.08. The highest BCUT2D eigenvalue weighted by molar-refractivity contribution is 6.09. The molecule has 0 aliphatic rings. The molecule has 104 valence electrons. The first kappa shape index (κ1) is 14.9. The van der Waals surface area contributed by atoms with Gasteiger partial charge in [0.15, 0.2) is 0 Å². The third kappa shape index (κ3) is 2.09. The van der Waals surface area contributed by atoms with Crippen LogP contribution in [0.25, 0.3) is 13.2 Å². The van der Waals surface area contributed by atoms with Gasteiger partial charge in [0.05, 0.1) is 22.3 Å². The fourth-order valence-corrected chi connectivity index (χ4v) is 1.80. The van der Waals surface area contributed by atoms with Gasteiger partial charge in [-0.15, -0.1) is 0 Å². The van der Waals surface area contributed by atoms with Crippen molar-refractivity contribution in [2.45, 2.75) is 0 Å². The van der Waals surface area contributed by atoms with Crippen LogP contribution in [0.4, 0.5) is 0 Å². The van der Waals surface area contributed by atoms with Crippen molar-refractivity contribution < 1.29 is 39.6 Å². The predicted molar refractivity (Wildman–Crippen MR) is 64.6 cm³/mol. The van der Waals surface area contributed by atoms with E-state index in [1.807, 2.05) is 0 Å². The maximum absolute atomic E-state index is 11.1. The molecule has 0 saturated heterocycles. The average Bonchev–Trinajstić information content (AvgIpc) is 2.28. The molecule has 1 aromatic carbocycles. The van der Waals surface area contributed by atoms with E-state index in [1.165, 1.54) is 0 Å². The lowest BCUT2D eigenvalue weighted by molar-refractivity contribution is 0.0633. The Kier molecular flexibility index (Phi) is 3.61. The average molecular weight is 280 g/mol. The summed E-state index contributed by atoms with van der Waals surface area (Å²) in [7, 11) is 0. The van der Waals surface area contributed by atoms with E-state index in [0.29, 0.717) is 0 Å². The zero-order chi connectivity index (χ0) is 15.8. The van der Waals surface area contributed by atoms with Crippen LogP contribution in [0.5, 0.6) is 0 Å². The van der Waals surface area contributed by atoms with Gasteiger partial charge in [0.2, 0.25) is 0 Å². The van der Waals surface area contributed by atoms with E-state index < -0.39 is 56.6 Å². The Bertz CT molecular complexity index is 635. The summed E-state index contributed by atoms with van der Waals surface area (Å²) >= 11 is 0. The van der Waals surface area contributed by atoms with Gasteiger partial charge >= 0.3 is 23.9 Å². The third-order valence-electron chi connectivity index (χ3n) is 2.56. The normalized spacial score (nSPS) is 10.0. The second-order valence-corrected chi connectivity index (χ2v) is 3.68. The van der Waals surface area contributed by atoms with Crippen LogP contribution in [0.2, 0.25) is 0 Å². The van der Waals surface area contributed by atoms with Crippen LogP contribution in [0.3, 0.4) is 0 Å². The highest BCUT2D eigenvalue weighted by atomic mass is 16.4. The summed E-state index contributed by atoms with van der Waals surface area (Å²) in [5.74, 6) is -6.96. The monoisotopic (exact) mass is 280 g/mol. The van der Waals surface area contributed by atoms with E-state index in [2.05, 4.69) is 13.2 Å². The molecule has 0 unspecified atom stereocenters.